The largest absolute Gasteiger partial charge is 0.296 e. The second-order valence-electron chi connectivity index (χ2n) is 5.89. The predicted octanol–water partition coefficient (Wildman–Crippen LogP) is 4.85. The van der Waals surface area contributed by atoms with E-state index in [2.05, 4.69) is 58.9 Å². The molecule has 0 amide bonds. The summed E-state index contributed by atoms with van der Waals surface area (Å²) in [5, 5.41) is 0. The van der Waals surface area contributed by atoms with E-state index in [-0.39, 0.29) is 0 Å². The van der Waals surface area contributed by atoms with Crippen molar-refractivity contribution in [1.82, 2.24) is 4.90 Å². The number of nitrogens with zero attached hydrogens (tertiary/aromatic N) is 1. The first kappa shape index (κ1) is 14.1. The number of benzene rings is 1. The first-order chi connectivity index (χ1) is 8.65. The van der Waals surface area contributed by atoms with Crippen LogP contribution in [0.25, 0.3) is 0 Å². The third kappa shape index (κ3) is 4.10. The van der Waals surface area contributed by atoms with Gasteiger partial charge in [0.1, 0.15) is 0 Å². The van der Waals surface area contributed by atoms with E-state index >= 15 is 0 Å². The summed E-state index contributed by atoms with van der Waals surface area (Å²) in [7, 11) is 0. The number of halogens is 1. The van der Waals surface area contributed by atoms with Gasteiger partial charge in [-0.3, -0.25) is 4.90 Å². The molecule has 1 aliphatic carbocycles. The molecule has 1 aromatic carbocycles. The van der Waals surface area contributed by atoms with Gasteiger partial charge in [-0.1, -0.05) is 54.8 Å². The Bertz CT molecular complexity index is 352. The summed E-state index contributed by atoms with van der Waals surface area (Å²) < 4.78 is 1.17. The molecule has 18 heavy (non-hydrogen) atoms. The van der Waals surface area contributed by atoms with Crippen molar-refractivity contribution in [3.05, 3.63) is 34.3 Å². The maximum absolute atomic E-state index is 3.50. The van der Waals surface area contributed by atoms with E-state index in [0.717, 1.165) is 18.5 Å². The van der Waals surface area contributed by atoms with Crippen LogP contribution in [-0.2, 0) is 6.54 Å². The van der Waals surface area contributed by atoms with Gasteiger partial charge in [0.2, 0.25) is 0 Å². The van der Waals surface area contributed by atoms with E-state index in [9.17, 15) is 0 Å². The minimum absolute atomic E-state index is 0.751. The Balaban J connectivity index is 2.01. The minimum atomic E-state index is 0.751. The molecule has 0 spiro atoms. The Morgan fingerprint density at radius 2 is 1.78 bits per heavy atom. The second kappa shape index (κ2) is 6.72. The van der Waals surface area contributed by atoms with Crippen LogP contribution in [0.15, 0.2) is 28.7 Å². The number of hydrogen-bond donors (Lipinski definition) is 0. The van der Waals surface area contributed by atoms with Gasteiger partial charge in [0.25, 0.3) is 0 Å². The Kier molecular flexibility index (Phi) is 5.25. The van der Waals surface area contributed by atoms with Gasteiger partial charge in [-0.05, 0) is 36.5 Å². The van der Waals surface area contributed by atoms with Crippen molar-refractivity contribution in [2.24, 2.45) is 5.92 Å². The second-order valence-corrected chi connectivity index (χ2v) is 6.80. The topological polar surface area (TPSA) is 3.24 Å². The highest BCUT2D eigenvalue weighted by Gasteiger charge is 2.23. The SMILES string of the molecule is CC(C)CN(Cc1ccc(Br)cc1)C1CCCC1. The van der Waals surface area contributed by atoms with Crippen molar-refractivity contribution in [2.75, 3.05) is 6.54 Å². The predicted molar refractivity (Wildman–Crippen MR) is 81.6 cm³/mol. The van der Waals surface area contributed by atoms with Crippen LogP contribution in [0.1, 0.15) is 45.1 Å². The van der Waals surface area contributed by atoms with Gasteiger partial charge in [0.05, 0.1) is 0 Å². The molecule has 100 valence electrons. The fourth-order valence-electron chi connectivity index (χ4n) is 2.91. The van der Waals surface area contributed by atoms with Crippen molar-refractivity contribution in [2.45, 2.75) is 52.1 Å². The van der Waals surface area contributed by atoms with Gasteiger partial charge < -0.3 is 0 Å². The van der Waals surface area contributed by atoms with Crippen molar-refractivity contribution in [1.29, 1.82) is 0 Å². The smallest absolute Gasteiger partial charge is 0.0236 e. The molecule has 0 atom stereocenters. The van der Waals surface area contributed by atoms with Gasteiger partial charge in [-0.2, -0.15) is 0 Å². The molecule has 2 heteroatoms. The summed E-state index contributed by atoms with van der Waals surface area (Å²) >= 11 is 3.50. The summed E-state index contributed by atoms with van der Waals surface area (Å²) in [5.74, 6) is 0.751. The molecule has 1 aromatic rings. The van der Waals surface area contributed by atoms with Gasteiger partial charge in [-0.25, -0.2) is 0 Å². The quantitative estimate of drug-likeness (QED) is 0.751. The number of hydrogen-bond acceptors (Lipinski definition) is 1. The van der Waals surface area contributed by atoms with Crippen LogP contribution < -0.4 is 0 Å². The van der Waals surface area contributed by atoms with Crippen molar-refractivity contribution >= 4 is 15.9 Å². The lowest BCUT2D eigenvalue weighted by molar-refractivity contribution is 0.168. The molecule has 2 rings (SSSR count). The molecule has 1 nitrogen and oxygen atoms in total. The van der Waals surface area contributed by atoms with Crippen LogP contribution in [0.2, 0.25) is 0 Å². The summed E-state index contributed by atoms with van der Waals surface area (Å²) in [6.07, 6.45) is 5.62. The van der Waals surface area contributed by atoms with E-state index in [1.54, 1.807) is 0 Å². The normalized spacial score (nSPS) is 16.9. The summed E-state index contributed by atoms with van der Waals surface area (Å²) in [4.78, 5) is 2.70. The molecular weight excluding hydrogens is 286 g/mol. The third-order valence-corrected chi connectivity index (χ3v) is 4.27. The fourth-order valence-corrected chi connectivity index (χ4v) is 3.17. The molecule has 0 heterocycles. The van der Waals surface area contributed by atoms with E-state index in [4.69, 9.17) is 0 Å². The fraction of sp³-hybridized carbons (Fsp3) is 0.625. The Labute approximate surface area is 120 Å². The monoisotopic (exact) mass is 309 g/mol. The van der Waals surface area contributed by atoms with Crippen LogP contribution >= 0.6 is 15.9 Å². The maximum Gasteiger partial charge on any atom is 0.0236 e. The maximum atomic E-state index is 3.50. The molecule has 0 radical (unpaired) electrons. The Morgan fingerprint density at radius 3 is 2.33 bits per heavy atom. The van der Waals surface area contributed by atoms with Gasteiger partial charge in [0, 0.05) is 23.6 Å². The van der Waals surface area contributed by atoms with Crippen LogP contribution in [0.4, 0.5) is 0 Å². The van der Waals surface area contributed by atoms with E-state index in [0.29, 0.717) is 0 Å². The highest BCUT2D eigenvalue weighted by Crippen LogP contribution is 2.26. The van der Waals surface area contributed by atoms with Crippen molar-refractivity contribution in [3.63, 3.8) is 0 Å². The van der Waals surface area contributed by atoms with Crippen molar-refractivity contribution < 1.29 is 0 Å². The summed E-state index contributed by atoms with van der Waals surface area (Å²) in [6.45, 7) is 6.98. The lowest BCUT2D eigenvalue weighted by atomic mass is 10.1. The highest BCUT2D eigenvalue weighted by atomic mass is 79.9. The lowest BCUT2D eigenvalue weighted by Gasteiger charge is -2.30. The zero-order valence-corrected chi connectivity index (χ0v) is 13.1. The Hall–Kier alpha value is -0.340. The molecule has 1 aliphatic rings. The van der Waals surface area contributed by atoms with Gasteiger partial charge >= 0.3 is 0 Å². The summed E-state index contributed by atoms with van der Waals surface area (Å²) in [5.41, 5.74) is 1.44. The first-order valence-corrected chi connectivity index (χ1v) is 7.93. The van der Waals surface area contributed by atoms with Gasteiger partial charge in [0.15, 0.2) is 0 Å². The standard InChI is InChI=1S/C16H24BrN/c1-13(2)11-18(16-5-3-4-6-16)12-14-7-9-15(17)10-8-14/h7-10,13,16H,3-6,11-12H2,1-2H3. The van der Waals surface area contributed by atoms with Gasteiger partial charge in [-0.15, -0.1) is 0 Å². The number of rotatable bonds is 5. The molecule has 1 fully saturated rings. The molecule has 0 aromatic heterocycles. The average molecular weight is 310 g/mol. The van der Waals surface area contributed by atoms with Crippen LogP contribution in [0.5, 0.6) is 0 Å². The molecule has 1 saturated carbocycles. The molecule has 0 bridgehead atoms. The average Bonchev–Trinajstić information content (AvgIpc) is 2.84. The highest BCUT2D eigenvalue weighted by molar-refractivity contribution is 9.10. The van der Waals surface area contributed by atoms with Crippen molar-refractivity contribution in [3.8, 4) is 0 Å². The van der Waals surface area contributed by atoms with Crippen LogP contribution in [0.3, 0.4) is 0 Å². The molecule has 0 saturated heterocycles. The molecule has 0 unspecified atom stereocenters. The van der Waals surface area contributed by atoms with E-state index in [1.165, 1.54) is 42.3 Å². The molecule has 0 N–H and O–H groups in total. The third-order valence-electron chi connectivity index (χ3n) is 3.74. The minimum Gasteiger partial charge on any atom is -0.296 e. The lowest BCUT2D eigenvalue weighted by Crippen LogP contribution is -2.35. The van der Waals surface area contributed by atoms with E-state index in [1.807, 2.05) is 0 Å². The zero-order valence-electron chi connectivity index (χ0n) is 11.5. The summed E-state index contributed by atoms with van der Waals surface area (Å²) in [6, 6.07) is 9.60. The first-order valence-electron chi connectivity index (χ1n) is 7.13. The van der Waals surface area contributed by atoms with E-state index < -0.39 is 0 Å². The van der Waals surface area contributed by atoms with Crippen LogP contribution in [-0.4, -0.2) is 17.5 Å². The Morgan fingerprint density at radius 1 is 1.17 bits per heavy atom. The zero-order chi connectivity index (χ0) is 13.0. The van der Waals surface area contributed by atoms with Crippen LogP contribution in [0, 0.1) is 5.92 Å². The molecule has 0 aliphatic heterocycles. The molecular formula is C16H24BrN.